The lowest BCUT2D eigenvalue weighted by molar-refractivity contribution is -0.439. The molecule has 0 saturated heterocycles. The van der Waals surface area contributed by atoms with Gasteiger partial charge < -0.3 is 28.4 Å². The summed E-state index contributed by atoms with van der Waals surface area (Å²) in [5.41, 5.74) is 7.13. The number of benzene rings is 1. The topological polar surface area (TPSA) is 68.1 Å². The van der Waals surface area contributed by atoms with Gasteiger partial charge in [-0.3, -0.25) is 0 Å². The van der Waals surface area contributed by atoms with Crippen molar-refractivity contribution in [3.8, 4) is 5.75 Å². The molecule has 5 heteroatoms. The number of phenolic OH excluding ortho intramolecular Hbond substituents is 1. The number of rotatable bonds is 5. The highest BCUT2D eigenvalue weighted by Gasteiger charge is 2.47. The van der Waals surface area contributed by atoms with Crippen LogP contribution in [0.1, 0.15) is 37.8 Å². The Bertz CT molecular complexity index is 466. The average molecular weight is 332 g/mol. The zero-order chi connectivity index (χ0) is 14.8. The van der Waals surface area contributed by atoms with Crippen LogP contribution < -0.4 is 18.1 Å². The number of halogens is 1. The van der Waals surface area contributed by atoms with Gasteiger partial charge in [0.2, 0.25) is 0 Å². The minimum atomic E-state index is 0. The maximum absolute atomic E-state index is 9.85. The van der Waals surface area contributed by atoms with Crippen LogP contribution >= 0.6 is 11.8 Å². The third kappa shape index (κ3) is 3.34. The van der Waals surface area contributed by atoms with E-state index < -0.39 is 0 Å². The normalized spacial score (nSPS) is 23.2. The molecule has 2 atom stereocenters. The quantitative estimate of drug-likeness (QED) is 0.629. The molecule has 3 nitrogen and oxygen atoms in total. The fourth-order valence-electron chi connectivity index (χ4n) is 3.65. The van der Waals surface area contributed by atoms with Gasteiger partial charge in [-0.2, -0.15) is 0 Å². The number of aromatic hydroxyl groups is 1. The monoisotopic (exact) mass is 331 g/mol. The lowest BCUT2D eigenvalue weighted by atomic mass is 9.63. The highest BCUT2D eigenvalue weighted by atomic mass is 35.5. The summed E-state index contributed by atoms with van der Waals surface area (Å²) in [4.78, 5) is 0. The summed E-state index contributed by atoms with van der Waals surface area (Å²) in [5, 5.41) is 19.4. The molecule has 21 heavy (non-hydrogen) atoms. The predicted octanol–water partition coefficient (Wildman–Crippen LogP) is -1.29. The van der Waals surface area contributed by atoms with Crippen molar-refractivity contribution in [3.63, 3.8) is 0 Å². The first-order valence-electron chi connectivity index (χ1n) is 7.47. The zero-order valence-corrected chi connectivity index (χ0v) is 14.4. The van der Waals surface area contributed by atoms with Crippen LogP contribution in [0.15, 0.2) is 18.2 Å². The number of phenols is 1. The molecule has 120 valence electrons. The van der Waals surface area contributed by atoms with Gasteiger partial charge >= 0.3 is 0 Å². The standard InChI is InChI=1S/C16H25NO2S.ClH/c1-3-16(4-2)13-10-12(19)6-5-11(13)9-14(15(16)17)20-8-7-18;/h5-6,10,14-15,18-19H,3-4,7-9,17H2,1-2H3;1H. The third-order valence-corrected chi connectivity index (χ3v) is 6.24. The summed E-state index contributed by atoms with van der Waals surface area (Å²) in [7, 11) is 0. The lowest BCUT2D eigenvalue weighted by Crippen LogP contribution is -3.00. The Kier molecular flexibility index (Phi) is 6.85. The highest BCUT2D eigenvalue weighted by Crippen LogP contribution is 2.45. The molecule has 1 aromatic carbocycles. The molecule has 5 N–H and O–H groups in total. The first-order chi connectivity index (χ1) is 9.58. The maximum Gasteiger partial charge on any atom is 0.115 e. The van der Waals surface area contributed by atoms with E-state index in [-0.39, 0.29) is 24.4 Å². The van der Waals surface area contributed by atoms with Crippen LogP contribution in [0.25, 0.3) is 0 Å². The SMILES string of the molecule is CCC1(CC)c2cc(O)ccc2CC(SCCO)C1[NH3+].[Cl-]. The number of fused-ring (bicyclic) bond motifs is 1. The van der Waals surface area contributed by atoms with Crippen molar-refractivity contribution < 1.29 is 28.4 Å². The lowest BCUT2D eigenvalue weighted by Gasteiger charge is -2.44. The second kappa shape index (κ2) is 7.73. The van der Waals surface area contributed by atoms with Crippen molar-refractivity contribution in [2.24, 2.45) is 0 Å². The summed E-state index contributed by atoms with van der Waals surface area (Å²) < 4.78 is 0. The van der Waals surface area contributed by atoms with E-state index in [1.54, 1.807) is 6.07 Å². The molecule has 0 bridgehead atoms. The molecular formula is C16H26ClNO2S. The van der Waals surface area contributed by atoms with E-state index in [1.165, 1.54) is 11.1 Å². The van der Waals surface area contributed by atoms with E-state index in [0.717, 1.165) is 25.0 Å². The van der Waals surface area contributed by atoms with Gasteiger partial charge in [0.05, 0.1) is 11.9 Å². The second-order valence-electron chi connectivity index (χ2n) is 5.65. The molecule has 0 heterocycles. The van der Waals surface area contributed by atoms with Crippen molar-refractivity contribution in [2.75, 3.05) is 12.4 Å². The Hall–Kier alpha value is -0.420. The second-order valence-corrected chi connectivity index (χ2v) is 7.00. The summed E-state index contributed by atoms with van der Waals surface area (Å²) in [5.74, 6) is 1.12. The van der Waals surface area contributed by atoms with E-state index in [2.05, 4.69) is 25.6 Å². The Morgan fingerprint density at radius 2 is 2.00 bits per heavy atom. The van der Waals surface area contributed by atoms with Crippen molar-refractivity contribution in [1.29, 1.82) is 0 Å². The molecule has 0 aliphatic heterocycles. The molecule has 2 unspecified atom stereocenters. The molecule has 0 saturated carbocycles. The third-order valence-electron chi connectivity index (χ3n) is 4.89. The van der Waals surface area contributed by atoms with Gasteiger partial charge in [0, 0.05) is 11.2 Å². The minimum absolute atomic E-state index is 0. The van der Waals surface area contributed by atoms with Crippen LogP contribution in [0.5, 0.6) is 5.75 Å². The largest absolute Gasteiger partial charge is 1.00 e. The van der Waals surface area contributed by atoms with Crippen molar-refractivity contribution in [3.05, 3.63) is 29.3 Å². The number of hydrogen-bond donors (Lipinski definition) is 3. The summed E-state index contributed by atoms with van der Waals surface area (Å²) >= 11 is 1.83. The highest BCUT2D eigenvalue weighted by molar-refractivity contribution is 8.00. The number of hydrogen-bond acceptors (Lipinski definition) is 3. The van der Waals surface area contributed by atoms with Crippen LogP contribution in [0.2, 0.25) is 0 Å². The molecule has 0 fully saturated rings. The molecule has 0 aromatic heterocycles. The zero-order valence-electron chi connectivity index (χ0n) is 12.8. The number of quaternary nitrogens is 1. The van der Waals surface area contributed by atoms with Crippen LogP contribution in [0, 0.1) is 0 Å². The van der Waals surface area contributed by atoms with Gasteiger partial charge in [0.25, 0.3) is 0 Å². The molecule has 0 radical (unpaired) electrons. The number of thioether (sulfide) groups is 1. The first kappa shape index (κ1) is 18.6. The van der Waals surface area contributed by atoms with Gasteiger partial charge in [-0.05, 0) is 42.5 Å². The Morgan fingerprint density at radius 1 is 1.33 bits per heavy atom. The molecule has 1 aliphatic rings. The van der Waals surface area contributed by atoms with Crippen LogP contribution in [0.3, 0.4) is 0 Å². The van der Waals surface area contributed by atoms with Gasteiger partial charge in [0.1, 0.15) is 11.8 Å². The Morgan fingerprint density at radius 3 is 2.57 bits per heavy atom. The number of aliphatic hydroxyl groups excluding tert-OH is 1. The van der Waals surface area contributed by atoms with Crippen LogP contribution in [0.4, 0.5) is 0 Å². The molecule has 0 spiro atoms. The minimum Gasteiger partial charge on any atom is -1.00 e. The van der Waals surface area contributed by atoms with E-state index in [0.29, 0.717) is 17.0 Å². The smallest absolute Gasteiger partial charge is 0.115 e. The van der Waals surface area contributed by atoms with Crippen LogP contribution in [-0.4, -0.2) is 33.9 Å². The van der Waals surface area contributed by atoms with E-state index in [9.17, 15) is 5.11 Å². The number of aliphatic hydroxyl groups is 1. The predicted molar refractivity (Wildman–Crippen MR) is 84.1 cm³/mol. The van der Waals surface area contributed by atoms with E-state index in [4.69, 9.17) is 5.11 Å². The molecule has 0 amide bonds. The van der Waals surface area contributed by atoms with E-state index in [1.807, 2.05) is 17.8 Å². The average Bonchev–Trinajstić information content (AvgIpc) is 2.46. The van der Waals surface area contributed by atoms with Crippen molar-refractivity contribution in [1.82, 2.24) is 0 Å². The Balaban J connectivity index is 0.00000220. The van der Waals surface area contributed by atoms with Gasteiger partial charge in [-0.15, -0.1) is 11.8 Å². The fourth-order valence-corrected chi connectivity index (χ4v) is 4.85. The van der Waals surface area contributed by atoms with Crippen molar-refractivity contribution >= 4 is 11.8 Å². The molecule has 1 aromatic rings. The van der Waals surface area contributed by atoms with Crippen molar-refractivity contribution in [2.45, 2.75) is 49.8 Å². The summed E-state index contributed by atoms with van der Waals surface area (Å²) in [6.07, 6.45) is 3.05. The van der Waals surface area contributed by atoms with Gasteiger partial charge in [0.15, 0.2) is 0 Å². The summed E-state index contributed by atoms with van der Waals surface area (Å²) in [6.45, 7) is 4.66. The molecule has 2 rings (SSSR count). The maximum atomic E-state index is 9.85. The van der Waals surface area contributed by atoms with Gasteiger partial charge in [-0.25, -0.2) is 0 Å². The van der Waals surface area contributed by atoms with Crippen LogP contribution in [-0.2, 0) is 11.8 Å². The fraction of sp³-hybridized carbons (Fsp3) is 0.625. The molecular weight excluding hydrogens is 306 g/mol. The molecule has 1 aliphatic carbocycles. The first-order valence-corrected chi connectivity index (χ1v) is 8.51. The summed E-state index contributed by atoms with van der Waals surface area (Å²) in [6, 6.07) is 6.09. The van der Waals surface area contributed by atoms with Gasteiger partial charge in [-0.1, -0.05) is 19.9 Å². The Labute approximate surface area is 137 Å². The van der Waals surface area contributed by atoms with E-state index >= 15 is 0 Å².